The van der Waals surface area contributed by atoms with Crippen molar-refractivity contribution >= 4 is 17.3 Å². The lowest BCUT2D eigenvalue weighted by Gasteiger charge is -2.19. The van der Waals surface area contributed by atoms with Crippen LogP contribution in [0.3, 0.4) is 0 Å². The van der Waals surface area contributed by atoms with Gasteiger partial charge in [0.15, 0.2) is 0 Å². The smallest absolute Gasteiger partial charge is 0.261 e. The summed E-state index contributed by atoms with van der Waals surface area (Å²) in [5.41, 5.74) is 3.32. The number of rotatable bonds is 3. The maximum Gasteiger partial charge on any atom is 0.261 e. The summed E-state index contributed by atoms with van der Waals surface area (Å²) in [6.07, 6.45) is 2.89. The molecule has 3 N–H and O–H groups in total. The third-order valence-corrected chi connectivity index (χ3v) is 2.73. The van der Waals surface area contributed by atoms with Crippen LogP contribution in [0, 0.1) is 5.82 Å². The number of aromatic nitrogens is 1. The fourth-order valence-corrected chi connectivity index (χ4v) is 1.70. The van der Waals surface area contributed by atoms with Crippen molar-refractivity contribution in [2.45, 2.75) is 0 Å². The largest absolute Gasteiger partial charge is 0.323 e. The van der Waals surface area contributed by atoms with Crippen molar-refractivity contribution in [2.75, 3.05) is 17.4 Å². The van der Waals surface area contributed by atoms with Gasteiger partial charge in [0.1, 0.15) is 5.82 Å². The molecule has 0 bridgehead atoms. The molecule has 0 atom stereocenters. The predicted octanol–water partition coefficient (Wildman–Crippen LogP) is 1.78. The van der Waals surface area contributed by atoms with E-state index in [-0.39, 0.29) is 11.3 Å². The van der Waals surface area contributed by atoms with Gasteiger partial charge in [-0.05, 0) is 18.2 Å². The standard InChI is InChI=1S/C13H13FN4O/c1-18(12-5-3-2-4-10(12)14)13(19)9-8-16-7-6-11(9)17-15/h2-8H,15H2,1H3,(H,16,17). The van der Waals surface area contributed by atoms with E-state index in [9.17, 15) is 9.18 Å². The Morgan fingerprint density at radius 1 is 1.37 bits per heavy atom. The third-order valence-electron chi connectivity index (χ3n) is 2.73. The molecule has 2 aromatic rings. The molecule has 19 heavy (non-hydrogen) atoms. The number of nitrogen functional groups attached to an aromatic ring is 1. The summed E-state index contributed by atoms with van der Waals surface area (Å²) in [5.74, 6) is 4.47. The van der Waals surface area contributed by atoms with Gasteiger partial charge in [0.2, 0.25) is 0 Å². The summed E-state index contributed by atoms with van der Waals surface area (Å²) in [4.78, 5) is 17.4. The van der Waals surface area contributed by atoms with Gasteiger partial charge < -0.3 is 10.3 Å². The highest BCUT2D eigenvalue weighted by molar-refractivity contribution is 6.09. The number of carbonyl (C=O) groups excluding carboxylic acids is 1. The van der Waals surface area contributed by atoms with Crippen molar-refractivity contribution in [3.63, 3.8) is 0 Å². The zero-order valence-electron chi connectivity index (χ0n) is 10.3. The zero-order chi connectivity index (χ0) is 13.8. The molecule has 5 nitrogen and oxygen atoms in total. The summed E-state index contributed by atoms with van der Waals surface area (Å²) >= 11 is 0. The number of nitrogens with two attached hydrogens (primary N) is 1. The number of carbonyl (C=O) groups is 1. The van der Waals surface area contributed by atoms with Crippen LogP contribution in [0.15, 0.2) is 42.7 Å². The lowest BCUT2D eigenvalue weighted by atomic mass is 10.2. The first-order chi connectivity index (χ1) is 9.15. The van der Waals surface area contributed by atoms with Crippen molar-refractivity contribution < 1.29 is 9.18 Å². The highest BCUT2D eigenvalue weighted by Crippen LogP contribution is 2.21. The highest BCUT2D eigenvalue weighted by atomic mass is 19.1. The van der Waals surface area contributed by atoms with E-state index in [1.165, 1.54) is 36.5 Å². The van der Waals surface area contributed by atoms with Crippen molar-refractivity contribution in [3.05, 3.63) is 54.1 Å². The molecule has 0 unspecified atom stereocenters. The van der Waals surface area contributed by atoms with Crippen molar-refractivity contribution in [1.82, 2.24) is 4.98 Å². The Balaban J connectivity index is 2.37. The number of benzene rings is 1. The fourth-order valence-electron chi connectivity index (χ4n) is 1.70. The predicted molar refractivity (Wildman–Crippen MR) is 71.2 cm³/mol. The second-order valence-electron chi connectivity index (χ2n) is 3.88. The third kappa shape index (κ3) is 2.53. The van der Waals surface area contributed by atoms with Crippen molar-refractivity contribution in [3.8, 4) is 0 Å². The summed E-state index contributed by atoms with van der Waals surface area (Å²) in [5, 5.41) is 0. The van der Waals surface area contributed by atoms with Gasteiger partial charge in [0, 0.05) is 19.4 Å². The Morgan fingerprint density at radius 3 is 2.79 bits per heavy atom. The molecular formula is C13H13FN4O. The molecule has 0 aliphatic carbocycles. The van der Waals surface area contributed by atoms with Crippen molar-refractivity contribution in [2.24, 2.45) is 5.84 Å². The number of nitrogens with one attached hydrogen (secondary N) is 1. The number of pyridine rings is 1. The monoisotopic (exact) mass is 260 g/mol. The van der Waals surface area contributed by atoms with Crippen LogP contribution in [-0.2, 0) is 0 Å². The van der Waals surface area contributed by atoms with E-state index in [2.05, 4.69) is 10.4 Å². The molecule has 0 aliphatic heterocycles. The lowest BCUT2D eigenvalue weighted by molar-refractivity contribution is 0.0992. The van der Waals surface area contributed by atoms with Crippen LogP contribution >= 0.6 is 0 Å². The Morgan fingerprint density at radius 2 is 2.11 bits per heavy atom. The Hall–Kier alpha value is -2.47. The van der Waals surface area contributed by atoms with Gasteiger partial charge in [-0.25, -0.2) is 4.39 Å². The first-order valence-corrected chi connectivity index (χ1v) is 5.58. The van der Waals surface area contributed by atoms with Gasteiger partial charge in [0.25, 0.3) is 5.91 Å². The van der Waals surface area contributed by atoms with Crippen LogP contribution in [0.25, 0.3) is 0 Å². The molecule has 0 saturated heterocycles. The average molecular weight is 260 g/mol. The Kier molecular flexibility index (Phi) is 3.72. The van der Waals surface area contributed by atoms with Gasteiger partial charge in [-0.2, -0.15) is 0 Å². The van der Waals surface area contributed by atoms with Crippen LogP contribution in [-0.4, -0.2) is 17.9 Å². The molecule has 0 radical (unpaired) electrons. The highest BCUT2D eigenvalue weighted by Gasteiger charge is 2.19. The van der Waals surface area contributed by atoms with Crippen LogP contribution in [0.1, 0.15) is 10.4 Å². The number of halogens is 1. The molecule has 0 spiro atoms. The number of anilines is 2. The normalized spacial score (nSPS) is 10.1. The van der Waals surface area contributed by atoms with Crippen LogP contribution in [0.4, 0.5) is 15.8 Å². The van der Waals surface area contributed by atoms with E-state index in [0.717, 1.165) is 0 Å². The van der Waals surface area contributed by atoms with Crippen LogP contribution in [0.2, 0.25) is 0 Å². The molecule has 1 amide bonds. The number of hydrogen-bond donors (Lipinski definition) is 2. The minimum atomic E-state index is -0.468. The summed E-state index contributed by atoms with van der Waals surface area (Å²) in [6, 6.07) is 7.62. The molecule has 1 aromatic heterocycles. The van der Waals surface area contributed by atoms with E-state index < -0.39 is 11.7 Å². The van der Waals surface area contributed by atoms with E-state index in [4.69, 9.17) is 5.84 Å². The van der Waals surface area contributed by atoms with Crippen molar-refractivity contribution in [1.29, 1.82) is 0 Å². The lowest BCUT2D eigenvalue weighted by Crippen LogP contribution is -2.28. The molecule has 1 aromatic carbocycles. The molecule has 0 saturated carbocycles. The van der Waals surface area contributed by atoms with Gasteiger partial charge in [-0.1, -0.05) is 12.1 Å². The maximum absolute atomic E-state index is 13.6. The Labute approximate surface area is 109 Å². The minimum absolute atomic E-state index is 0.194. The van der Waals surface area contributed by atoms with E-state index in [0.29, 0.717) is 5.69 Å². The number of hydrogen-bond acceptors (Lipinski definition) is 4. The SMILES string of the molecule is CN(C(=O)c1cnccc1NN)c1ccccc1F. The molecule has 0 fully saturated rings. The van der Waals surface area contributed by atoms with E-state index >= 15 is 0 Å². The maximum atomic E-state index is 13.6. The summed E-state index contributed by atoms with van der Waals surface area (Å²) in [7, 11) is 1.49. The van der Waals surface area contributed by atoms with Gasteiger partial charge in [-0.3, -0.25) is 15.6 Å². The number of nitrogens with zero attached hydrogens (tertiary/aromatic N) is 2. The second kappa shape index (κ2) is 5.45. The number of para-hydroxylation sites is 1. The topological polar surface area (TPSA) is 71.2 Å². The van der Waals surface area contributed by atoms with Gasteiger partial charge in [0.05, 0.1) is 16.9 Å². The first kappa shape index (κ1) is 13.0. The second-order valence-corrected chi connectivity index (χ2v) is 3.88. The van der Waals surface area contributed by atoms with Crippen LogP contribution < -0.4 is 16.2 Å². The minimum Gasteiger partial charge on any atom is -0.323 e. The quantitative estimate of drug-likeness (QED) is 0.652. The molecule has 2 rings (SSSR count). The van der Waals surface area contributed by atoms with Crippen LogP contribution in [0.5, 0.6) is 0 Å². The average Bonchev–Trinajstić information content (AvgIpc) is 2.46. The fraction of sp³-hybridized carbons (Fsp3) is 0.0769. The molecule has 98 valence electrons. The van der Waals surface area contributed by atoms with E-state index in [1.807, 2.05) is 0 Å². The van der Waals surface area contributed by atoms with Gasteiger partial charge >= 0.3 is 0 Å². The first-order valence-electron chi connectivity index (χ1n) is 5.58. The van der Waals surface area contributed by atoms with E-state index in [1.54, 1.807) is 18.2 Å². The molecule has 6 heteroatoms. The summed E-state index contributed by atoms with van der Waals surface area (Å²) in [6.45, 7) is 0. The summed E-state index contributed by atoms with van der Waals surface area (Å²) < 4.78 is 13.6. The molecular weight excluding hydrogens is 247 g/mol. The number of hydrazine groups is 1. The zero-order valence-corrected chi connectivity index (χ0v) is 10.3. The van der Waals surface area contributed by atoms with Gasteiger partial charge in [-0.15, -0.1) is 0 Å². The number of amides is 1. The molecule has 1 heterocycles. The Bertz CT molecular complexity index is 603. The molecule has 0 aliphatic rings.